The molecule has 0 saturated carbocycles. The predicted molar refractivity (Wildman–Crippen MR) is 60.8 cm³/mol. The fourth-order valence-corrected chi connectivity index (χ4v) is 1.94. The highest BCUT2D eigenvalue weighted by atomic mass is 35.5. The van der Waals surface area contributed by atoms with Gasteiger partial charge in [0.15, 0.2) is 0 Å². The van der Waals surface area contributed by atoms with E-state index in [0.29, 0.717) is 5.02 Å². The van der Waals surface area contributed by atoms with Gasteiger partial charge in [0.25, 0.3) is 0 Å². The van der Waals surface area contributed by atoms with Gasteiger partial charge in [0.2, 0.25) is 0 Å². The van der Waals surface area contributed by atoms with Crippen molar-refractivity contribution in [3.63, 3.8) is 0 Å². The SMILES string of the molecule is CC(C#N)c1c(Cl)ccc2cccnc12. The van der Waals surface area contributed by atoms with Gasteiger partial charge in [0.05, 0.1) is 17.5 Å². The van der Waals surface area contributed by atoms with Crippen LogP contribution in [0.4, 0.5) is 0 Å². The van der Waals surface area contributed by atoms with Crippen LogP contribution < -0.4 is 0 Å². The second kappa shape index (κ2) is 3.88. The van der Waals surface area contributed by atoms with Crippen molar-refractivity contribution in [3.8, 4) is 6.07 Å². The van der Waals surface area contributed by atoms with E-state index in [9.17, 15) is 0 Å². The molecule has 0 radical (unpaired) electrons. The van der Waals surface area contributed by atoms with Crippen molar-refractivity contribution in [2.75, 3.05) is 0 Å². The van der Waals surface area contributed by atoms with Crippen LogP contribution in [0.3, 0.4) is 0 Å². The third kappa shape index (κ3) is 1.67. The minimum absolute atomic E-state index is 0.240. The molecule has 0 aliphatic heterocycles. The van der Waals surface area contributed by atoms with Crippen LogP contribution in [0.2, 0.25) is 5.02 Å². The van der Waals surface area contributed by atoms with E-state index in [-0.39, 0.29) is 5.92 Å². The Balaban J connectivity index is 2.81. The van der Waals surface area contributed by atoms with E-state index >= 15 is 0 Å². The zero-order valence-electron chi connectivity index (χ0n) is 8.24. The molecule has 1 aromatic heterocycles. The maximum atomic E-state index is 8.94. The normalized spacial score (nSPS) is 12.3. The Kier molecular flexibility index (Phi) is 2.57. The highest BCUT2D eigenvalue weighted by molar-refractivity contribution is 6.32. The summed E-state index contributed by atoms with van der Waals surface area (Å²) in [7, 11) is 0. The van der Waals surface area contributed by atoms with Crippen molar-refractivity contribution >= 4 is 22.5 Å². The second-order valence-corrected chi connectivity index (χ2v) is 3.79. The van der Waals surface area contributed by atoms with Gasteiger partial charge in [-0.1, -0.05) is 23.7 Å². The quantitative estimate of drug-likeness (QED) is 0.732. The minimum atomic E-state index is -0.240. The van der Waals surface area contributed by atoms with Crippen molar-refractivity contribution in [1.29, 1.82) is 5.26 Å². The summed E-state index contributed by atoms with van der Waals surface area (Å²) in [4.78, 5) is 4.28. The highest BCUT2D eigenvalue weighted by Crippen LogP contribution is 2.30. The average Bonchev–Trinajstić information content (AvgIpc) is 2.28. The summed E-state index contributed by atoms with van der Waals surface area (Å²) in [5.74, 6) is -0.240. The number of nitriles is 1. The van der Waals surface area contributed by atoms with E-state index in [1.807, 2.05) is 31.2 Å². The summed E-state index contributed by atoms with van der Waals surface area (Å²) in [6, 6.07) is 9.76. The van der Waals surface area contributed by atoms with Crippen molar-refractivity contribution < 1.29 is 0 Å². The van der Waals surface area contributed by atoms with Gasteiger partial charge in [-0.2, -0.15) is 5.26 Å². The van der Waals surface area contributed by atoms with E-state index in [0.717, 1.165) is 16.5 Å². The van der Waals surface area contributed by atoms with Crippen LogP contribution in [-0.4, -0.2) is 4.98 Å². The lowest BCUT2D eigenvalue weighted by atomic mass is 9.99. The lowest BCUT2D eigenvalue weighted by Crippen LogP contribution is -1.94. The first-order valence-electron chi connectivity index (χ1n) is 4.67. The smallest absolute Gasteiger partial charge is 0.0762 e. The summed E-state index contributed by atoms with van der Waals surface area (Å²) in [6.07, 6.45) is 1.71. The zero-order valence-corrected chi connectivity index (χ0v) is 8.99. The molecule has 2 nitrogen and oxygen atoms in total. The molecule has 0 bridgehead atoms. The summed E-state index contributed by atoms with van der Waals surface area (Å²) < 4.78 is 0. The van der Waals surface area contributed by atoms with Gasteiger partial charge in [-0.15, -0.1) is 0 Å². The molecule has 2 aromatic rings. The van der Waals surface area contributed by atoms with Crippen molar-refractivity contribution in [3.05, 3.63) is 41.0 Å². The molecular formula is C12H9ClN2. The molecule has 0 aliphatic rings. The Morgan fingerprint density at radius 1 is 1.40 bits per heavy atom. The number of rotatable bonds is 1. The Morgan fingerprint density at radius 3 is 2.93 bits per heavy atom. The fraction of sp³-hybridized carbons (Fsp3) is 0.167. The molecule has 1 unspecified atom stereocenters. The molecule has 1 atom stereocenters. The third-order valence-electron chi connectivity index (χ3n) is 2.39. The van der Waals surface area contributed by atoms with Gasteiger partial charge in [0, 0.05) is 22.2 Å². The molecule has 3 heteroatoms. The number of halogens is 1. The Hall–Kier alpha value is -1.59. The number of hydrogen-bond acceptors (Lipinski definition) is 2. The lowest BCUT2D eigenvalue weighted by Gasteiger charge is -2.09. The Morgan fingerprint density at radius 2 is 2.20 bits per heavy atom. The monoisotopic (exact) mass is 216 g/mol. The number of fused-ring (bicyclic) bond motifs is 1. The molecule has 15 heavy (non-hydrogen) atoms. The molecule has 0 amide bonds. The molecule has 74 valence electrons. The van der Waals surface area contributed by atoms with E-state index in [4.69, 9.17) is 16.9 Å². The molecule has 0 N–H and O–H groups in total. The van der Waals surface area contributed by atoms with Crippen molar-refractivity contribution in [2.45, 2.75) is 12.8 Å². The number of hydrogen-bond donors (Lipinski definition) is 0. The predicted octanol–water partition coefficient (Wildman–Crippen LogP) is 3.52. The third-order valence-corrected chi connectivity index (χ3v) is 2.72. The van der Waals surface area contributed by atoms with Gasteiger partial charge in [-0.3, -0.25) is 4.98 Å². The van der Waals surface area contributed by atoms with Crippen LogP contribution in [0.25, 0.3) is 10.9 Å². The number of benzene rings is 1. The van der Waals surface area contributed by atoms with Crippen LogP contribution in [0.1, 0.15) is 18.4 Å². The van der Waals surface area contributed by atoms with Crippen molar-refractivity contribution in [2.24, 2.45) is 0 Å². The summed E-state index contributed by atoms with van der Waals surface area (Å²) in [5.41, 5.74) is 1.64. The highest BCUT2D eigenvalue weighted by Gasteiger charge is 2.13. The maximum absolute atomic E-state index is 8.94. The van der Waals surface area contributed by atoms with Gasteiger partial charge in [-0.05, 0) is 19.1 Å². The second-order valence-electron chi connectivity index (χ2n) is 3.39. The molecule has 1 heterocycles. The molecule has 2 rings (SSSR count). The molecular weight excluding hydrogens is 208 g/mol. The summed E-state index contributed by atoms with van der Waals surface area (Å²) in [6.45, 7) is 1.83. The van der Waals surface area contributed by atoms with E-state index in [1.54, 1.807) is 6.20 Å². The topological polar surface area (TPSA) is 36.7 Å². The molecule has 0 saturated heterocycles. The molecule has 1 aromatic carbocycles. The van der Waals surface area contributed by atoms with Crippen LogP contribution in [0.15, 0.2) is 30.5 Å². The summed E-state index contributed by atoms with van der Waals surface area (Å²) in [5, 5.41) is 10.6. The number of aromatic nitrogens is 1. The van der Waals surface area contributed by atoms with E-state index in [2.05, 4.69) is 11.1 Å². The molecule has 0 spiro atoms. The van der Waals surface area contributed by atoms with Crippen LogP contribution in [0, 0.1) is 11.3 Å². The fourth-order valence-electron chi connectivity index (χ4n) is 1.62. The first-order chi connectivity index (χ1) is 7.24. The molecule has 0 fully saturated rings. The largest absolute Gasteiger partial charge is 0.256 e. The standard InChI is InChI=1S/C12H9ClN2/c1-8(7-14)11-10(13)5-4-9-3-2-6-15-12(9)11/h2-6,8H,1H3. The maximum Gasteiger partial charge on any atom is 0.0762 e. The average molecular weight is 217 g/mol. The van der Waals surface area contributed by atoms with Crippen molar-refractivity contribution in [1.82, 2.24) is 4.98 Å². The molecule has 0 aliphatic carbocycles. The van der Waals surface area contributed by atoms with Crippen LogP contribution in [0.5, 0.6) is 0 Å². The first-order valence-corrected chi connectivity index (χ1v) is 5.04. The van der Waals surface area contributed by atoms with Gasteiger partial charge < -0.3 is 0 Å². The van der Waals surface area contributed by atoms with Gasteiger partial charge in [0.1, 0.15) is 0 Å². The lowest BCUT2D eigenvalue weighted by molar-refractivity contribution is 0.988. The first kappa shape index (κ1) is 9.95. The minimum Gasteiger partial charge on any atom is -0.256 e. The van der Waals surface area contributed by atoms with Crippen LogP contribution in [-0.2, 0) is 0 Å². The zero-order chi connectivity index (χ0) is 10.8. The summed E-state index contributed by atoms with van der Waals surface area (Å²) >= 11 is 6.09. The van der Waals surface area contributed by atoms with Gasteiger partial charge >= 0.3 is 0 Å². The number of nitrogens with zero attached hydrogens (tertiary/aromatic N) is 2. The van der Waals surface area contributed by atoms with Gasteiger partial charge in [-0.25, -0.2) is 0 Å². The van der Waals surface area contributed by atoms with E-state index in [1.165, 1.54) is 0 Å². The van der Waals surface area contributed by atoms with E-state index < -0.39 is 0 Å². The van der Waals surface area contributed by atoms with Crippen LogP contribution >= 0.6 is 11.6 Å². The Labute approximate surface area is 93.1 Å². The Bertz CT molecular complexity index is 543. The number of pyridine rings is 1.